The molecule has 12 heteroatoms. The van der Waals surface area contributed by atoms with Crippen LogP contribution in [0.2, 0.25) is 0 Å². The summed E-state index contributed by atoms with van der Waals surface area (Å²) in [6, 6.07) is 1.81. The van der Waals surface area contributed by atoms with E-state index in [9.17, 15) is 5.11 Å². The molecule has 4 aromatic rings. The fourth-order valence-corrected chi connectivity index (χ4v) is 5.38. The van der Waals surface area contributed by atoms with Gasteiger partial charge in [0.05, 0.1) is 59.8 Å². The van der Waals surface area contributed by atoms with Crippen molar-refractivity contribution in [3.63, 3.8) is 0 Å². The molecule has 41 heavy (non-hydrogen) atoms. The Hall–Kier alpha value is -3.74. The van der Waals surface area contributed by atoms with Gasteiger partial charge in [0.2, 0.25) is 11.8 Å². The molecule has 0 fully saturated rings. The molecular weight excluding hydrogens is 524 g/mol. The summed E-state index contributed by atoms with van der Waals surface area (Å²) in [5.41, 5.74) is 6.56. The number of aromatic nitrogens is 7. The van der Waals surface area contributed by atoms with Crippen molar-refractivity contribution in [3.05, 3.63) is 34.4 Å². The largest absolute Gasteiger partial charge is 0.476 e. The number of aryl methyl sites for hydroxylation is 2. The monoisotopic (exact) mass is 564 g/mol. The van der Waals surface area contributed by atoms with Gasteiger partial charge in [-0.15, -0.1) is 5.10 Å². The highest BCUT2D eigenvalue weighted by Crippen LogP contribution is 2.37. The highest BCUT2D eigenvalue weighted by atomic mass is 16.5. The van der Waals surface area contributed by atoms with E-state index >= 15 is 0 Å². The van der Waals surface area contributed by atoms with Gasteiger partial charge in [-0.25, -0.2) is 4.68 Å². The molecule has 2 bridgehead atoms. The van der Waals surface area contributed by atoms with Gasteiger partial charge in [0.15, 0.2) is 0 Å². The number of pyridine rings is 1. The van der Waals surface area contributed by atoms with Crippen LogP contribution >= 0.6 is 0 Å². The molecule has 5 heterocycles. The lowest BCUT2D eigenvalue weighted by molar-refractivity contribution is 0.132. The highest BCUT2D eigenvalue weighted by Gasteiger charge is 2.27. The minimum Gasteiger partial charge on any atom is -0.476 e. The minimum absolute atomic E-state index is 0.0393. The Morgan fingerprint density at radius 1 is 1.24 bits per heavy atom. The first-order valence-electron chi connectivity index (χ1n) is 14.1. The standard InChI is InChI=1S/C29H40N8O4/c1-8-36-13-18(4)41-29-26(24(16-39-7)33-35(29)6)23-12-21-22(31-32-27(21)19(5)30-23)11-10-20-25(14-36)37(17(3)15-38)34-28(20)40-9-2/h10-12,17-18,38H,8-9,13-16H2,1-7H3,(H,31,32)/b11-10+/t17-,18?/m0/s1. The first-order valence-corrected chi connectivity index (χ1v) is 14.1. The fourth-order valence-electron chi connectivity index (χ4n) is 5.38. The predicted octanol–water partition coefficient (Wildman–Crippen LogP) is 3.73. The number of aromatic amines is 1. The van der Waals surface area contributed by atoms with Crippen molar-refractivity contribution in [1.29, 1.82) is 0 Å². The Morgan fingerprint density at radius 3 is 2.76 bits per heavy atom. The molecule has 5 rings (SSSR count). The number of nitrogens with one attached hydrogen (secondary N) is 1. The topological polar surface area (TPSA) is 128 Å². The fraction of sp³-hybridized carbons (Fsp3) is 0.517. The van der Waals surface area contributed by atoms with Crippen LogP contribution in [-0.2, 0) is 24.9 Å². The molecular formula is C29H40N8O4. The van der Waals surface area contributed by atoms with Gasteiger partial charge >= 0.3 is 0 Å². The third kappa shape index (κ3) is 5.46. The predicted molar refractivity (Wildman–Crippen MR) is 157 cm³/mol. The van der Waals surface area contributed by atoms with Crippen LogP contribution in [-0.4, -0.2) is 84.3 Å². The summed E-state index contributed by atoms with van der Waals surface area (Å²) < 4.78 is 21.7. The van der Waals surface area contributed by atoms with Crippen molar-refractivity contribution in [2.24, 2.45) is 7.05 Å². The van der Waals surface area contributed by atoms with Crippen LogP contribution in [0.25, 0.3) is 34.3 Å². The SMILES string of the molecule is CCOc1nn([C@@H](C)CO)c2c1/C=C/c1[nH]nc3c(C)nc(cc13)-c1c(COC)nn(C)c1OC(C)CN(CC)C2. The van der Waals surface area contributed by atoms with Crippen LogP contribution in [0, 0.1) is 6.92 Å². The Labute approximate surface area is 239 Å². The van der Waals surface area contributed by atoms with E-state index in [1.54, 1.807) is 11.8 Å². The van der Waals surface area contributed by atoms with E-state index in [0.717, 1.165) is 57.0 Å². The zero-order valence-corrected chi connectivity index (χ0v) is 24.9. The molecule has 220 valence electrons. The number of rotatable bonds is 7. The number of aliphatic hydroxyl groups is 1. The number of aliphatic hydroxyl groups excluding tert-OH is 1. The molecule has 4 aromatic heterocycles. The lowest BCUT2D eigenvalue weighted by atomic mass is 10.1. The summed E-state index contributed by atoms with van der Waals surface area (Å²) in [6.45, 7) is 12.8. The molecule has 0 saturated carbocycles. The summed E-state index contributed by atoms with van der Waals surface area (Å²) in [7, 11) is 3.54. The Kier molecular flexibility index (Phi) is 8.43. The van der Waals surface area contributed by atoms with Crippen molar-refractivity contribution < 1.29 is 19.3 Å². The summed E-state index contributed by atoms with van der Waals surface area (Å²) in [6.07, 6.45) is 3.86. The number of methoxy groups -OCH3 is 1. The molecule has 0 spiro atoms. The van der Waals surface area contributed by atoms with Crippen molar-refractivity contribution in [2.75, 3.05) is 33.4 Å². The minimum atomic E-state index is -0.221. The van der Waals surface area contributed by atoms with E-state index in [1.165, 1.54) is 0 Å². The molecule has 0 radical (unpaired) electrons. The molecule has 0 aromatic carbocycles. The smallest absolute Gasteiger partial charge is 0.240 e. The highest BCUT2D eigenvalue weighted by molar-refractivity contribution is 5.93. The summed E-state index contributed by atoms with van der Waals surface area (Å²) in [5.74, 6) is 1.18. The van der Waals surface area contributed by atoms with Gasteiger partial charge < -0.3 is 19.3 Å². The average Bonchev–Trinajstić information content (AvgIpc) is 3.60. The van der Waals surface area contributed by atoms with Crippen LogP contribution in [0.3, 0.4) is 0 Å². The van der Waals surface area contributed by atoms with Crippen LogP contribution in [0.4, 0.5) is 0 Å². The van der Waals surface area contributed by atoms with Crippen LogP contribution < -0.4 is 9.47 Å². The van der Waals surface area contributed by atoms with Gasteiger partial charge in [0.25, 0.3) is 0 Å². The third-order valence-electron chi connectivity index (χ3n) is 7.39. The quantitative estimate of drug-likeness (QED) is 0.345. The molecule has 1 aliphatic heterocycles. The van der Waals surface area contributed by atoms with Crippen molar-refractivity contribution in [2.45, 2.75) is 59.9 Å². The number of fused-ring (bicyclic) bond motifs is 4. The van der Waals surface area contributed by atoms with Gasteiger partial charge in [0, 0.05) is 32.6 Å². The summed E-state index contributed by atoms with van der Waals surface area (Å²) in [5, 5.41) is 28.3. The van der Waals surface area contributed by atoms with Crippen molar-refractivity contribution in [1.82, 2.24) is 39.6 Å². The average molecular weight is 565 g/mol. The number of nitrogens with zero attached hydrogens (tertiary/aromatic N) is 7. The first-order chi connectivity index (χ1) is 19.8. The van der Waals surface area contributed by atoms with Gasteiger partial charge in [-0.05, 0) is 52.5 Å². The number of ether oxygens (including phenoxy) is 3. The first kappa shape index (κ1) is 28.8. The second kappa shape index (κ2) is 12.0. The molecule has 2 N–H and O–H groups in total. The molecule has 1 unspecified atom stereocenters. The lowest BCUT2D eigenvalue weighted by Gasteiger charge is -2.26. The molecule has 0 aliphatic carbocycles. The van der Waals surface area contributed by atoms with Gasteiger partial charge in [-0.3, -0.25) is 19.7 Å². The molecule has 12 nitrogen and oxygen atoms in total. The van der Waals surface area contributed by atoms with E-state index in [4.69, 9.17) is 29.4 Å². The Balaban J connectivity index is 1.76. The van der Waals surface area contributed by atoms with Gasteiger partial charge in [0.1, 0.15) is 17.3 Å². The van der Waals surface area contributed by atoms with Gasteiger partial charge in [-0.1, -0.05) is 6.92 Å². The maximum atomic E-state index is 10.0. The van der Waals surface area contributed by atoms with E-state index in [1.807, 2.05) is 50.7 Å². The number of H-pyrrole nitrogens is 1. The van der Waals surface area contributed by atoms with Crippen LogP contribution in [0.5, 0.6) is 11.8 Å². The van der Waals surface area contributed by atoms with Crippen LogP contribution in [0.15, 0.2) is 6.07 Å². The van der Waals surface area contributed by atoms with Crippen molar-refractivity contribution >= 4 is 23.1 Å². The third-order valence-corrected chi connectivity index (χ3v) is 7.39. The van der Waals surface area contributed by atoms with Crippen LogP contribution in [0.1, 0.15) is 62.1 Å². The van der Waals surface area contributed by atoms with Crippen molar-refractivity contribution in [3.8, 4) is 23.0 Å². The van der Waals surface area contributed by atoms with E-state index in [0.29, 0.717) is 38.1 Å². The zero-order chi connectivity index (χ0) is 29.3. The van der Waals surface area contributed by atoms with E-state index in [-0.39, 0.29) is 18.8 Å². The number of hydrogen-bond donors (Lipinski definition) is 2. The number of hydrogen-bond acceptors (Lipinski definition) is 9. The second-order valence-electron chi connectivity index (χ2n) is 10.5. The van der Waals surface area contributed by atoms with Gasteiger partial charge in [-0.2, -0.15) is 10.2 Å². The maximum Gasteiger partial charge on any atom is 0.240 e. The Bertz CT molecular complexity index is 1550. The zero-order valence-electron chi connectivity index (χ0n) is 24.9. The van der Waals surface area contributed by atoms with E-state index in [2.05, 4.69) is 28.9 Å². The molecule has 1 aliphatic rings. The second-order valence-corrected chi connectivity index (χ2v) is 10.5. The maximum absolute atomic E-state index is 10.0. The molecule has 2 atom stereocenters. The summed E-state index contributed by atoms with van der Waals surface area (Å²) >= 11 is 0. The normalized spacial score (nSPS) is 17.5. The Morgan fingerprint density at radius 2 is 2.05 bits per heavy atom. The molecule has 0 amide bonds. The lowest BCUT2D eigenvalue weighted by Crippen LogP contribution is -2.35. The number of likely N-dealkylation sites (N-methyl/N-ethyl adjacent to an activating group) is 1. The molecule has 0 saturated heterocycles. The summed E-state index contributed by atoms with van der Waals surface area (Å²) in [4.78, 5) is 7.23. The van der Waals surface area contributed by atoms with E-state index < -0.39 is 0 Å².